The number of ether oxygens (including phenoxy) is 1. The highest BCUT2D eigenvalue weighted by atomic mass is 35.5. The summed E-state index contributed by atoms with van der Waals surface area (Å²) in [5, 5.41) is 10.4. The van der Waals surface area contributed by atoms with E-state index in [9.17, 15) is 14.3 Å². The fourth-order valence-electron chi connectivity index (χ4n) is 2.86. The summed E-state index contributed by atoms with van der Waals surface area (Å²) in [6, 6.07) is 19.5. The van der Waals surface area contributed by atoms with Gasteiger partial charge in [-0.15, -0.1) is 0 Å². The van der Waals surface area contributed by atoms with Gasteiger partial charge in [-0.2, -0.15) is 0 Å². The minimum atomic E-state index is -1.14. The van der Waals surface area contributed by atoms with Crippen molar-refractivity contribution >= 4 is 28.5 Å². The zero-order chi connectivity index (χ0) is 19.7. The number of rotatable bonds is 4. The van der Waals surface area contributed by atoms with Crippen molar-refractivity contribution in [2.45, 2.75) is 0 Å². The van der Waals surface area contributed by atoms with Gasteiger partial charge in [-0.3, -0.25) is 0 Å². The van der Waals surface area contributed by atoms with Crippen LogP contribution in [0.3, 0.4) is 0 Å². The van der Waals surface area contributed by atoms with E-state index in [-0.39, 0.29) is 10.9 Å². The summed E-state index contributed by atoms with van der Waals surface area (Å²) in [5.74, 6) is -0.376. The average molecular weight is 394 g/mol. The van der Waals surface area contributed by atoms with Crippen molar-refractivity contribution in [3.05, 3.63) is 89.2 Å². The number of hydrogen-bond donors (Lipinski definition) is 1. The summed E-state index contributed by atoms with van der Waals surface area (Å²) in [7, 11) is 0. The molecule has 0 atom stereocenters. The first kappa shape index (κ1) is 17.9. The number of pyridine rings is 1. The SMILES string of the molecule is O=C(O)c1cc(-c2ccc(Oc3ccc(Cl)cc3)cc2)nc2ccc(F)cc12. The molecule has 0 saturated carbocycles. The Morgan fingerprint density at radius 2 is 1.57 bits per heavy atom. The van der Waals surface area contributed by atoms with E-state index >= 15 is 0 Å². The van der Waals surface area contributed by atoms with Crippen molar-refractivity contribution in [2.24, 2.45) is 0 Å². The first-order chi connectivity index (χ1) is 13.5. The van der Waals surface area contributed by atoms with Gasteiger partial charge in [-0.05, 0) is 72.8 Å². The van der Waals surface area contributed by atoms with Crippen molar-refractivity contribution in [2.75, 3.05) is 0 Å². The number of halogens is 2. The van der Waals surface area contributed by atoms with Crippen molar-refractivity contribution in [1.29, 1.82) is 0 Å². The van der Waals surface area contributed by atoms with Gasteiger partial charge in [0.1, 0.15) is 17.3 Å². The molecule has 1 heterocycles. The average Bonchev–Trinajstić information content (AvgIpc) is 2.69. The van der Waals surface area contributed by atoms with Crippen molar-refractivity contribution in [3.63, 3.8) is 0 Å². The summed E-state index contributed by atoms with van der Waals surface area (Å²) in [6.07, 6.45) is 0. The standard InChI is InChI=1S/C22H13ClFNO3/c23-14-3-8-17(9-4-14)28-16-6-1-13(2-7-16)21-12-19(22(26)27)18-11-15(24)5-10-20(18)25-21/h1-12H,(H,26,27). The lowest BCUT2D eigenvalue weighted by molar-refractivity contribution is 0.0699. The number of aromatic nitrogens is 1. The van der Waals surface area contributed by atoms with E-state index in [1.807, 2.05) is 0 Å². The zero-order valence-electron chi connectivity index (χ0n) is 14.4. The molecule has 0 unspecified atom stereocenters. The maximum atomic E-state index is 13.5. The van der Waals surface area contributed by atoms with Crippen LogP contribution < -0.4 is 4.74 Å². The summed E-state index contributed by atoms with van der Waals surface area (Å²) >= 11 is 5.86. The van der Waals surface area contributed by atoms with Crippen LogP contribution in [-0.2, 0) is 0 Å². The number of nitrogens with zero attached hydrogens (tertiary/aromatic N) is 1. The monoisotopic (exact) mass is 393 g/mol. The lowest BCUT2D eigenvalue weighted by Gasteiger charge is -2.09. The molecule has 0 spiro atoms. The second kappa shape index (κ2) is 7.29. The minimum absolute atomic E-state index is 0.000917. The molecule has 0 radical (unpaired) electrons. The number of benzene rings is 3. The van der Waals surface area contributed by atoms with E-state index in [2.05, 4.69) is 4.98 Å². The highest BCUT2D eigenvalue weighted by molar-refractivity contribution is 6.30. The Hall–Kier alpha value is -3.44. The highest BCUT2D eigenvalue weighted by Gasteiger charge is 2.14. The van der Waals surface area contributed by atoms with Crippen LogP contribution in [0.4, 0.5) is 4.39 Å². The van der Waals surface area contributed by atoms with Crippen LogP contribution in [0.1, 0.15) is 10.4 Å². The van der Waals surface area contributed by atoms with Crippen LogP contribution in [0, 0.1) is 5.82 Å². The van der Waals surface area contributed by atoms with Gasteiger partial charge >= 0.3 is 5.97 Å². The number of hydrogen-bond acceptors (Lipinski definition) is 3. The molecule has 0 saturated heterocycles. The molecule has 4 nitrogen and oxygen atoms in total. The Morgan fingerprint density at radius 3 is 2.21 bits per heavy atom. The first-order valence-electron chi connectivity index (χ1n) is 8.37. The lowest BCUT2D eigenvalue weighted by Crippen LogP contribution is -2.00. The molecule has 0 amide bonds. The van der Waals surface area contributed by atoms with E-state index in [0.29, 0.717) is 27.7 Å². The van der Waals surface area contributed by atoms with Gasteiger partial charge in [0.25, 0.3) is 0 Å². The normalized spacial score (nSPS) is 10.8. The highest BCUT2D eigenvalue weighted by Crippen LogP contribution is 2.29. The van der Waals surface area contributed by atoms with Crippen LogP contribution in [-0.4, -0.2) is 16.1 Å². The van der Waals surface area contributed by atoms with Crippen molar-refractivity contribution < 1.29 is 19.0 Å². The molecule has 0 bridgehead atoms. The molecule has 138 valence electrons. The van der Waals surface area contributed by atoms with Crippen molar-refractivity contribution in [1.82, 2.24) is 4.98 Å². The molecule has 1 N–H and O–H groups in total. The maximum Gasteiger partial charge on any atom is 0.336 e. The molecular formula is C22H13ClFNO3. The van der Waals surface area contributed by atoms with E-state index in [1.165, 1.54) is 24.3 Å². The van der Waals surface area contributed by atoms with Crippen LogP contribution in [0.25, 0.3) is 22.2 Å². The molecule has 3 aromatic carbocycles. The Bertz CT molecular complexity index is 1170. The lowest BCUT2D eigenvalue weighted by atomic mass is 10.0. The van der Waals surface area contributed by atoms with Crippen LogP contribution in [0.2, 0.25) is 5.02 Å². The number of carboxylic acids is 1. The number of carboxylic acid groups (broad SMARTS) is 1. The Morgan fingerprint density at radius 1 is 0.929 bits per heavy atom. The van der Waals surface area contributed by atoms with E-state index in [0.717, 1.165) is 5.56 Å². The molecule has 0 aliphatic carbocycles. The van der Waals surface area contributed by atoms with Gasteiger partial charge in [0.15, 0.2) is 0 Å². The molecule has 4 aromatic rings. The van der Waals surface area contributed by atoms with Crippen LogP contribution in [0.15, 0.2) is 72.8 Å². The van der Waals surface area contributed by atoms with Crippen LogP contribution >= 0.6 is 11.6 Å². The summed E-state index contributed by atoms with van der Waals surface area (Å²) in [6.45, 7) is 0. The molecule has 0 aliphatic rings. The van der Waals surface area contributed by atoms with Gasteiger partial charge < -0.3 is 9.84 Å². The molecule has 4 rings (SSSR count). The zero-order valence-corrected chi connectivity index (χ0v) is 15.2. The second-order valence-electron chi connectivity index (χ2n) is 6.10. The molecule has 6 heteroatoms. The van der Waals surface area contributed by atoms with Gasteiger partial charge in [0.2, 0.25) is 0 Å². The largest absolute Gasteiger partial charge is 0.478 e. The van der Waals surface area contributed by atoms with Gasteiger partial charge in [-0.1, -0.05) is 11.6 Å². The number of carbonyl (C=O) groups is 1. The van der Waals surface area contributed by atoms with E-state index in [4.69, 9.17) is 16.3 Å². The molecule has 0 aliphatic heterocycles. The first-order valence-corrected chi connectivity index (χ1v) is 8.75. The molecule has 0 fully saturated rings. The third-order valence-corrected chi connectivity index (χ3v) is 4.45. The van der Waals surface area contributed by atoms with Gasteiger partial charge in [0.05, 0.1) is 16.8 Å². The third-order valence-electron chi connectivity index (χ3n) is 4.20. The van der Waals surface area contributed by atoms with Crippen molar-refractivity contribution in [3.8, 4) is 22.8 Å². The molecular weight excluding hydrogens is 381 g/mol. The number of aromatic carboxylic acids is 1. The van der Waals surface area contributed by atoms with Gasteiger partial charge in [0, 0.05) is 16.0 Å². The topological polar surface area (TPSA) is 59.4 Å². The van der Waals surface area contributed by atoms with Crippen LogP contribution in [0.5, 0.6) is 11.5 Å². The summed E-state index contributed by atoms with van der Waals surface area (Å²) in [5.41, 5.74) is 1.62. The second-order valence-corrected chi connectivity index (χ2v) is 6.54. The summed E-state index contributed by atoms with van der Waals surface area (Å²) in [4.78, 5) is 16.1. The summed E-state index contributed by atoms with van der Waals surface area (Å²) < 4.78 is 19.3. The minimum Gasteiger partial charge on any atom is -0.478 e. The predicted octanol–water partition coefficient (Wildman–Crippen LogP) is 6.18. The van der Waals surface area contributed by atoms with E-state index < -0.39 is 11.8 Å². The van der Waals surface area contributed by atoms with E-state index in [1.54, 1.807) is 48.5 Å². The Labute approximate surface area is 164 Å². The Balaban J connectivity index is 1.69. The maximum absolute atomic E-state index is 13.5. The quantitative estimate of drug-likeness (QED) is 0.449. The molecule has 28 heavy (non-hydrogen) atoms. The predicted molar refractivity (Wildman–Crippen MR) is 106 cm³/mol. The third kappa shape index (κ3) is 3.66. The van der Waals surface area contributed by atoms with Gasteiger partial charge in [-0.25, -0.2) is 14.2 Å². The smallest absolute Gasteiger partial charge is 0.336 e. The molecule has 1 aromatic heterocycles. The fraction of sp³-hybridized carbons (Fsp3) is 0. The Kier molecular flexibility index (Phi) is 4.67. The fourth-order valence-corrected chi connectivity index (χ4v) is 2.98. The number of fused-ring (bicyclic) bond motifs is 1.